The first kappa shape index (κ1) is 12.4. The Morgan fingerprint density at radius 2 is 1.94 bits per heavy atom. The van der Waals surface area contributed by atoms with E-state index in [4.69, 9.17) is 14.6 Å². The van der Waals surface area contributed by atoms with E-state index in [1.807, 2.05) is 0 Å². The maximum Gasteiger partial charge on any atom is 0.306 e. The minimum absolute atomic E-state index is 0.00530. The van der Waals surface area contributed by atoms with Crippen molar-refractivity contribution in [1.29, 1.82) is 0 Å². The van der Waals surface area contributed by atoms with Crippen LogP contribution in [0, 0.1) is 0 Å². The van der Waals surface area contributed by atoms with Gasteiger partial charge in [0.2, 0.25) is 0 Å². The van der Waals surface area contributed by atoms with Crippen LogP contribution in [0.4, 0.5) is 0 Å². The molecule has 2 rings (SSSR count). The molecule has 0 amide bonds. The van der Waals surface area contributed by atoms with Crippen LogP contribution >= 0.6 is 0 Å². The van der Waals surface area contributed by atoms with Gasteiger partial charge in [-0.15, -0.1) is 0 Å². The molecule has 0 aromatic carbocycles. The van der Waals surface area contributed by atoms with E-state index in [0.29, 0.717) is 31.5 Å². The first-order chi connectivity index (χ1) is 8.15. The number of carbonyl (C=O) groups is 2. The summed E-state index contributed by atoms with van der Waals surface area (Å²) in [6, 6.07) is 0. The Balaban J connectivity index is 1.55. The van der Waals surface area contributed by atoms with E-state index in [1.165, 1.54) is 0 Å². The topological polar surface area (TPSA) is 76.1 Å². The van der Waals surface area contributed by atoms with Crippen LogP contribution in [-0.4, -0.2) is 35.4 Å². The number of rotatable bonds is 6. The largest absolute Gasteiger partial charge is 0.481 e. The summed E-state index contributed by atoms with van der Waals surface area (Å²) in [6.45, 7) is 0. The van der Waals surface area contributed by atoms with Crippen LogP contribution in [0.25, 0.3) is 0 Å². The van der Waals surface area contributed by atoms with Gasteiger partial charge in [0.05, 0.1) is 12.2 Å². The van der Waals surface area contributed by atoms with Gasteiger partial charge in [0.25, 0.3) is 0 Å². The Labute approximate surface area is 100 Å². The molecule has 0 aromatic heterocycles. The highest BCUT2D eigenvalue weighted by Crippen LogP contribution is 2.37. The first-order valence-corrected chi connectivity index (χ1v) is 6.22. The number of aliphatic carboxylic acids is 1. The molecule has 3 unspecified atom stereocenters. The smallest absolute Gasteiger partial charge is 0.306 e. The fourth-order valence-electron chi connectivity index (χ4n) is 2.26. The zero-order chi connectivity index (χ0) is 12.3. The van der Waals surface area contributed by atoms with E-state index in [2.05, 4.69) is 0 Å². The standard InChI is InChI=1S/C12H18O5/c13-11(14)3-1-2-4-12(15)16-8-5-6-9-10(7-8)17-9/h8-10H,1-7H2,(H,13,14). The van der Waals surface area contributed by atoms with E-state index >= 15 is 0 Å². The average molecular weight is 242 g/mol. The van der Waals surface area contributed by atoms with E-state index in [1.54, 1.807) is 0 Å². The number of carboxylic acid groups (broad SMARTS) is 1. The summed E-state index contributed by atoms with van der Waals surface area (Å²) >= 11 is 0. The molecule has 2 fully saturated rings. The van der Waals surface area contributed by atoms with Gasteiger partial charge in [0, 0.05) is 19.3 Å². The van der Waals surface area contributed by atoms with Gasteiger partial charge in [-0.2, -0.15) is 0 Å². The zero-order valence-electron chi connectivity index (χ0n) is 9.76. The Kier molecular flexibility index (Phi) is 3.99. The summed E-state index contributed by atoms with van der Waals surface area (Å²) in [5.74, 6) is -1.03. The highest BCUT2D eigenvalue weighted by atomic mass is 16.6. The van der Waals surface area contributed by atoms with Crippen molar-refractivity contribution >= 4 is 11.9 Å². The second-order valence-corrected chi connectivity index (χ2v) is 4.74. The molecule has 2 aliphatic rings. The summed E-state index contributed by atoms with van der Waals surface area (Å²) in [5.41, 5.74) is 0. The number of hydrogen-bond acceptors (Lipinski definition) is 4. The molecular weight excluding hydrogens is 224 g/mol. The Hall–Kier alpha value is -1.10. The molecule has 1 heterocycles. The highest BCUT2D eigenvalue weighted by Gasteiger charge is 2.44. The van der Waals surface area contributed by atoms with Gasteiger partial charge in [-0.3, -0.25) is 9.59 Å². The van der Waals surface area contributed by atoms with Gasteiger partial charge in [0.1, 0.15) is 6.10 Å². The van der Waals surface area contributed by atoms with Crippen LogP contribution in [0.3, 0.4) is 0 Å². The normalized spacial score (nSPS) is 30.5. The number of unbranched alkanes of at least 4 members (excludes halogenated alkanes) is 1. The zero-order valence-corrected chi connectivity index (χ0v) is 9.76. The lowest BCUT2D eigenvalue weighted by Crippen LogP contribution is -2.24. The van der Waals surface area contributed by atoms with Crippen LogP contribution in [0.15, 0.2) is 0 Å². The molecule has 1 aliphatic carbocycles. The van der Waals surface area contributed by atoms with Crippen LogP contribution in [-0.2, 0) is 19.1 Å². The van der Waals surface area contributed by atoms with Crippen molar-refractivity contribution in [2.24, 2.45) is 0 Å². The number of epoxide rings is 1. The molecule has 0 radical (unpaired) electrons. The van der Waals surface area contributed by atoms with Gasteiger partial charge in [-0.25, -0.2) is 0 Å². The summed E-state index contributed by atoms with van der Waals surface area (Å²) in [5, 5.41) is 8.44. The number of carboxylic acids is 1. The quantitative estimate of drug-likeness (QED) is 0.434. The molecule has 1 N–H and O–H groups in total. The lowest BCUT2D eigenvalue weighted by molar-refractivity contribution is -0.150. The minimum Gasteiger partial charge on any atom is -0.481 e. The van der Waals surface area contributed by atoms with Gasteiger partial charge >= 0.3 is 11.9 Å². The predicted molar refractivity (Wildman–Crippen MR) is 58.5 cm³/mol. The maximum atomic E-state index is 11.5. The number of hydrogen-bond donors (Lipinski definition) is 1. The van der Waals surface area contributed by atoms with Crippen molar-refractivity contribution < 1.29 is 24.2 Å². The Morgan fingerprint density at radius 3 is 2.65 bits per heavy atom. The molecule has 3 atom stereocenters. The van der Waals surface area contributed by atoms with Crippen LogP contribution in [0.2, 0.25) is 0 Å². The van der Waals surface area contributed by atoms with Gasteiger partial charge in [0.15, 0.2) is 0 Å². The van der Waals surface area contributed by atoms with Gasteiger partial charge in [-0.1, -0.05) is 0 Å². The molecule has 96 valence electrons. The average Bonchev–Trinajstić information content (AvgIpc) is 3.02. The highest BCUT2D eigenvalue weighted by molar-refractivity contribution is 5.70. The minimum atomic E-state index is -0.817. The first-order valence-electron chi connectivity index (χ1n) is 6.22. The lowest BCUT2D eigenvalue weighted by Gasteiger charge is -2.19. The number of carbonyl (C=O) groups excluding carboxylic acids is 1. The number of ether oxygens (including phenoxy) is 2. The fraction of sp³-hybridized carbons (Fsp3) is 0.833. The molecule has 5 heteroatoms. The van der Waals surface area contributed by atoms with Crippen molar-refractivity contribution in [1.82, 2.24) is 0 Å². The molecular formula is C12H18O5. The third kappa shape index (κ3) is 4.00. The summed E-state index contributed by atoms with van der Waals surface area (Å²) in [6.07, 6.45) is 4.99. The second kappa shape index (κ2) is 5.49. The molecule has 0 spiro atoms. The van der Waals surface area contributed by atoms with E-state index in [0.717, 1.165) is 19.3 Å². The van der Waals surface area contributed by atoms with E-state index in [9.17, 15) is 9.59 Å². The number of fused-ring (bicyclic) bond motifs is 1. The number of esters is 1. The summed E-state index contributed by atoms with van der Waals surface area (Å²) in [7, 11) is 0. The molecule has 1 saturated carbocycles. The molecule has 0 bridgehead atoms. The SMILES string of the molecule is O=C(O)CCCCC(=O)OC1CCC2OC2C1. The predicted octanol–water partition coefficient (Wildman–Crippen LogP) is 1.49. The Morgan fingerprint density at radius 1 is 1.18 bits per heavy atom. The molecule has 0 aromatic rings. The lowest BCUT2D eigenvalue weighted by atomic mass is 9.98. The van der Waals surface area contributed by atoms with Crippen molar-refractivity contribution in [2.75, 3.05) is 0 Å². The van der Waals surface area contributed by atoms with Crippen LogP contribution in [0.1, 0.15) is 44.9 Å². The van der Waals surface area contributed by atoms with Crippen molar-refractivity contribution in [2.45, 2.75) is 63.3 Å². The van der Waals surface area contributed by atoms with Crippen LogP contribution in [0.5, 0.6) is 0 Å². The van der Waals surface area contributed by atoms with Gasteiger partial charge in [-0.05, 0) is 25.7 Å². The van der Waals surface area contributed by atoms with E-state index < -0.39 is 5.97 Å². The van der Waals surface area contributed by atoms with Crippen LogP contribution < -0.4 is 0 Å². The third-order valence-electron chi connectivity index (χ3n) is 3.28. The maximum absolute atomic E-state index is 11.5. The van der Waals surface area contributed by atoms with Crippen molar-refractivity contribution in [3.05, 3.63) is 0 Å². The monoisotopic (exact) mass is 242 g/mol. The third-order valence-corrected chi connectivity index (χ3v) is 3.28. The van der Waals surface area contributed by atoms with E-state index in [-0.39, 0.29) is 18.5 Å². The van der Waals surface area contributed by atoms with Gasteiger partial charge < -0.3 is 14.6 Å². The molecule has 17 heavy (non-hydrogen) atoms. The molecule has 1 saturated heterocycles. The van der Waals surface area contributed by atoms with Crippen molar-refractivity contribution in [3.8, 4) is 0 Å². The second-order valence-electron chi connectivity index (χ2n) is 4.74. The molecule has 5 nitrogen and oxygen atoms in total. The Bertz CT molecular complexity index is 301. The molecule has 1 aliphatic heterocycles. The summed E-state index contributed by atoms with van der Waals surface area (Å²) < 4.78 is 10.7. The fourth-order valence-corrected chi connectivity index (χ4v) is 2.26. The van der Waals surface area contributed by atoms with Crippen molar-refractivity contribution in [3.63, 3.8) is 0 Å². The summed E-state index contributed by atoms with van der Waals surface area (Å²) in [4.78, 5) is 21.7.